The van der Waals surface area contributed by atoms with E-state index in [9.17, 15) is 14.7 Å². The molecular weight excluding hydrogens is 284 g/mol. The Morgan fingerprint density at radius 3 is 2.41 bits per heavy atom. The van der Waals surface area contributed by atoms with E-state index < -0.39 is 17.6 Å². The molecule has 0 fully saturated rings. The van der Waals surface area contributed by atoms with Crippen LogP contribution in [0.5, 0.6) is 5.75 Å². The molecule has 0 heterocycles. The molecule has 1 amide bonds. The van der Waals surface area contributed by atoms with Crippen molar-refractivity contribution in [3.63, 3.8) is 0 Å². The molecule has 0 atom stereocenters. The zero-order valence-electron chi connectivity index (χ0n) is 11.8. The number of phenols is 1. The molecule has 0 saturated carbocycles. The normalized spacial score (nSPS) is 10.0. The summed E-state index contributed by atoms with van der Waals surface area (Å²) in [4.78, 5) is 23.3. The van der Waals surface area contributed by atoms with E-state index in [1.54, 1.807) is 25.1 Å². The number of nitrogens with one attached hydrogen (secondary N) is 2. The molecule has 0 aromatic heterocycles. The van der Waals surface area contributed by atoms with Gasteiger partial charge >= 0.3 is 5.97 Å². The van der Waals surface area contributed by atoms with Crippen molar-refractivity contribution in [1.29, 1.82) is 5.41 Å². The maximum absolute atomic E-state index is 12.1. The molecule has 0 saturated heterocycles. The lowest BCUT2D eigenvalue weighted by molar-refractivity contribution is -0.110. The molecule has 2 rings (SSSR count). The standard InChI is InChI=1S/C16H14N2O4/c1-9-6-7-12(11(8-9)16(21)22)18-15(20)14(17)10-4-2-3-5-13(10)19/h2-8,17,19H,1H3,(H,18,20)(H,21,22). The number of aromatic carboxylic acids is 1. The number of amides is 1. The van der Waals surface area contributed by atoms with Crippen LogP contribution in [-0.4, -0.2) is 27.8 Å². The minimum Gasteiger partial charge on any atom is -0.507 e. The number of hydrogen-bond acceptors (Lipinski definition) is 4. The molecule has 2 aromatic rings. The van der Waals surface area contributed by atoms with Gasteiger partial charge in [-0.2, -0.15) is 0 Å². The topological polar surface area (TPSA) is 110 Å². The fraction of sp³-hybridized carbons (Fsp3) is 0.0625. The van der Waals surface area contributed by atoms with Gasteiger partial charge in [-0.3, -0.25) is 10.2 Å². The van der Waals surface area contributed by atoms with E-state index in [2.05, 4.69) is 5.32 Å². The van der Waals surface area contributed by atoms with E-state index in [1.165, 1.54) is 24.3 Å². The van der Waals surface area contributed by atoms with E-state index in [1.807, 2.05) is 0 Å². The summed E-state index contributed by atoms with van der Waals surface area (Å²) in [6.45, 7) is 1.74. The SMILES string of the molecule is Cc1ccc(NC(=O)C(=N)c2ccccc2O)c(C(=O)O)c1. The second kappa shape index (κ2) is 6.09. The first-order valence-electron chi connectivity index (χ1n) is 6.42. The van der Waals surface area contributed by atoms with Crippen molar-refractivity contribution in [2.24, 2.45) is 0 Å². The Morgan fingerprint density at radius 2 is 1.77 bits per heavy atom. The molecule has 0 aliphatic heterocycles. The number of rotatable bonds is 4. The first-order valence-corrected chi connectivity index (χ1v) is 6.42. The number of phenolic OH excluding ortho intramolecular Hbond substituents is 1. The maximum Gasteiger partial charge on any atom is 0.337 e. The molecule has 0 aliphatic carbocycles. The fourth-order valence-electron chi connectivity index (χ4n) is 1.94. The van der Waals surface area contributed by atoms with Gasteiger partial charge in [0.2, 0.25) is 0 Å². The second-order valence-electron chi connectivity index (χ2n) is 4.70. The third-order valence-electron chi connectivity index (χ3n) is 3.05. The smallest absolute Gasteiger partial charge is 0.337 e. The number of carbonyl (C=O) groups excluding carboxylic acids is 1. The number of carboxylic acids is 1. The van der Waals surface area contributed by atoms with Crippen LogP contribution in [0.2, 0.25) is 0 Å². The van der Waals surface area contributed by atoms with Crippen molar-refractivity contribution in [2.45, 2.75) is 6.92 Å². The number of hydrogen-bond donors (Lipinski definition) is 4. The summed E-state index contributed by atoms with van der Waals surface area (Å²) in [7, 11) is 0. The van der Waals surface area contributed by atoms with Crippen LogP contribution in [0.15, 0.2) is 42.5 Å². The molecule has 0 radical (unpaired) electrons. The summed E-state index contributed by atoms with van der Waals surface area (Å²) in [6.07, 6.45) is 0. The molecule has 6 nitrogen and oxygen atoms in total. The summed E-state index contributed by atoms with van der Waals surface area (Å²) in [6, 6.07) is 10.5. The number of aromatic hydroxyl groups is 1. The molecule has 0 bridgehead atoms. The van der Waals surface area contributed by atoms with Crippen molar-refractivity contribution in [1.82, 2.24) is 0 Å². The molecule has 112 valence electrons. The van der Waals surface area contributed by atoms with Gasteiger partial charge in [-0.05, 0) is 31.2 Å². The molecule has 2 aromatic carbocycles. The largest absolute Gasteiger partial charge is 0.507 e. The van der Waals surface area contributed by atoms with Crippen molar-refractivity contribution < 1.29 is 19.8 Å². The number of aryl methyl sites for hydroxylation is 1. The van der Waals surface area contributed by atoms with E-state index in [0.717, 1.165) is 5.56 Å². The zero-order valence-corrected chi connectivity index (χ0v) is 11.8. The van der Waals surface area contributed by atoms with Crippen LogP contribution in [0.4, 0.5) is 5.69 Å². The van der Waals surface area contributed by atoms with Crippen molar-refractivity contribution in [3.8, 4) is 5.75 Å². The van der Waals surface area contributed by atoms with E-state index in [4.69, 9.17) is 10.5 Å². The third-order valence-corrected chi connectivity index (χ3v) is 3.05. The van der Waals surface area contributed by atoms with Gasteiger partial charge < -0.3 is 15.5 Å². The van der Waals surface area contributed by atoms with Gasteiger partial charge in [0.15, 0.2) is 0 Å². The van der Waals surface area contributed by atoms with E-state index >= 15 is 0 Å². The Kier molecular flexibility index (Phi) is 4.22. The third kappa shape index (κ3) is 3.12. The summed E-state index contributed by atoms with van der Waals surface area (Å²) in [5.41, 5.74) is 0.409. The molecule has 0 unspecified atom stereocenters. The number of carboxylic acid groups (broad SMARTS) is 1. The first kappa shape index (κ1) is 15.2. The van der Waals surface area contributed by atoms with Gasteiger partial charge in [0.1, 0.15) is 11.5 Å². The van der Waals surface area contributed by atoms with Gasteiger partial charge in [0.25, 0.3) is 5.91 Å². The summed E-state index contributed by atoms with van der Waals surface area (Å²) in [5, 5.41) is 29.0. The summed E-state index contributed by atoms with van der Waals surface area (Å²) in [5.74, 6) is -2.16. The van der Waals surface area contributed by atoms with Crippen LogP contribution in [0, 0.1) is 12.3 Å². The Bertz CT molecular complexity index is 768. The maximum atomic E-state index is 12.1. The van der Waals surface area contributed by atoms with Crippen LogP contribution >= 0.6 is 0 Å². The molecule has 4 N–H and O–H groups in total. The Morgan fingerprint density at radius 1 is 1.09 bits per heavy atom. The van der Waals surface area contributed by atoms with E-state index in [-0.39, 0.29) is 22.6 Å². The van der Waals surface area contributed by atoms with Gasteiger partial charge in [0, 0.05) is 5.56 Å². The zero-order chi connectivity index (χ0) is 16.3. The Balaban J connectivity index is 2.28. The number of benzene rings is 2. The van der Waals surface area contributed by atoms with Gasteiger partial charge in [-0.15, -0.1) is 0 Å². The molecule has 22 heavy (non-hydrogen) atoms. The highest BCUT2D eigenvalue weighted by Gasteiger charge is 2.18. The Labute approximate surface area is 126 Å². The summed E-state index contributed by atoms with van der Waals surface area (Å²) >= 11 is 0. The van der Waals surface area contributed by atoms with Crippen LogP contribution in [0.1, 0.15) is 21.5 Å². The molecule has 0 spiro atoms. The minimum absolute atomic E-state index is 0.0570. The highest BCUT2D eigenvalue weighted by molar-refractivity contribution is 6.48. The van der Waals surface area contributed by atoms with Gasteiger partial charge in [-0.25, -0.2) is 4.79 Å². The number of para-hydroxylation sites is 1. The average Bonchev–Trinajstić information content (AvgIpc) is 2.48. The van der Waals surface area contributed by atoms with Crippen molar-refractivity contribution in [3.05, 3.63) is 59.2 Å². The van der Waals surface area contributed by atoms with E-state index in [0.29, 0.717) is 0 Å². The fourth-order valence-corrected chi connectivity index (χ4v) is 1.94. The highest BCUT2D eigenvalue weighted by Crippen LogP contribution is 2.20. The van der Waals surface area contributed by atoms with Crippen molar-refractivity contribution in [2.75, 3.05) is 5.32 Å². The molecular formula is C16H14N2O4. The van der Waals surface area contributed by atoms with Crippen LogP contribution in [0.25, 0.3) is 0 Å². The van der Waals surface area contributed by atoms with Crippen LogP contribution < -0.4 is 5.32 Å². The second-order valence-corrected chi connectivity index (χ2v) is 4.70. The molecule has 6 heteroatoms. The monoisotopic (exact) mass is 298 g/mol. The Hall–Kier alpha value is -3.15. The highest BCUT2D eigenvalue weighted by atomic mass is 16.4. The molecule has 0 aliphatic rings. The quantitative estimate of drug-likeness (QED) is 0.649. The number of carbonyl (C=O) groups is 2. The van der Waals surface area contributed by atoms with Crippen molar-refractivity contribution >= 4 is 23.3 Å². The minimum atomic E-state index is -1.17. The lowest BCUT2D eigenvalue weighted by Crippen LogP contribution is -2.24. The summed E-state index contributed by atoms with van der Waals surface area (Å²) < 4.78 is 0. The van der Waals surface area contributed by atoms with Crippen LogP contribution in [-0.2, 0) is 4.79 Å². The predicted octanol–water partition coefficient (Wildman–Crippen LogP) is 2.41. The lowest BCUT2D eigenvalue weighted by atomic mass is 10.1. The number of anilines is 1. The predicted molar refractivity (Wildman–Crippen MR) is 81.7 cm³/mol. The van der Waals surface area contributed by atoms with Gasteiger partial charge in [0.05, 0.1) is 11.3 Å². The average molecular weight is 298 g/mol. The lowest BCUT2D eigenvalue weighted by Gasteiger charge is -2.10. The first-order chi connectivity index (χ1) is 10.4. The van der Waals surface area contributed by atoms with Crippen LogP contribution in [0.3, 0.4) is 0 Å². The van der Waals surface area contributed by atoms with Gasteiger partial charge in [-0.1, -0.05) is 23.8 Å².